The minimum Gasteiger partial charge on any atom is -0.214 e. The first kappa shape index (κ1) is 36.3. The van der Waals surface area contributed by atoms with Crippen molar-refractivity contribution < 1.29 is 18.9 Å². The molecule has 0 nitrogen and oxygen atoms in total. The Bertz CT molecular complexity index is 1780. The molecule has 0 heterocycles. The average molecular weight is 727 g/mol. The van der Waals surface area contributed by atoms with Gasteiger partial charge in [-0.15, -0.1) is 39.7 Å². The number of halogens is 2. The number of aryl methyl sites for hydroxylation is 4. The van der Waals surface area contributed by atoms with Gasteiger partial charge in [0.1, 0.15) is 0 Å². The molecule has 0 bridgehead atoms. The van der Waals surface area contributed by atoms with Gasteiger partial charge < -0.3 is 0 Å². The molecule has 3 heteroatoms. The Labute approximate surface area is 292 Å². The summed E-state index contributed by atoms with van der Waals surface area (Å²) in [6, 6.07) is 38.8. The Balaban J connectivity index is 0.000000185. The number of hydrogen-bond donors (Lipinski definition) is 0. The smallest absolute Gasteiger partial charge is 0.172 e. The van der Waals surface area contributed by atoms with Crippen LogP contribution in [0.25, 0.3) is 21.5 Å². The molecule has 0 aliphatic heterocycles. The van der Waals surface area contributed by atoms with Crippen molar-refractivity contribution in [3.63, 3.8) is 0 Å². The summed E-state index contributed by atoms with van der Waals surface area (Å²) in [7, 11) is 12.6. The van der Waals surface area contributed by atoms with Crippen LogP contribution in [-0.2, 0) is 29.7 Å². The third kappa shape index (κ3) is 9.07. The van der Waals surface area contributed by atoms with Gasteiger partial charge in [0.05, 0.1) is 0 Å². The maximum atomic E-state index is 6.32. The Morgan fingerprint density at radius 3 is 1.22 bits per heavy atom. The van der Waals surface area contributed by atoms with E-state index in [1.807, 2.05) is 30.3 Å². The molecule has 0 aromatic heterocycles. The molecule has 0 saturated carbocycles. The molecule has 0 aliphatic rings. The molecule has 6 aromatic carbocycles. The number of hydrogen-bond acceptors (Lipinski definition) is 0. The van der Waals surface area contributed by atoms with Crippen molar-refractivity contribution in [1.82, 2.24) is 0 Å². The monoisotopic (exact) mass is 724 g/mol. The van der Waals surface area contributed by atoms with E-state index in [2.05, 4.69) is 148 Å². The summed E-state index contributed by atoms with van der Waals surface area (Å²) < 4.78 is 1.15. The predicted molar refractivity (Wildman–Crippen MR) is 203 cm³/mol. The van der Waals surface area contributed by atoms with Gasteiger partial charge in [-0.3, -0.25) is 0 Å². The van der Waals surface area contributed by atoms with Gasteiger partial charge in [0.25, 0.3) is 0 Å². The molecular weight excluding hydrogens is 679 g/mol. The predicted octanol–water partition coefficient (Wildman–Crippen LogP) is 13.1. The van der Waals surface area contributed by atoms with Crippen LogP contribution < -0.4 is 0 Å². The molecule has 240 valence electrons. The average Bonchev–Trinajstić information content (AvgIpc) is 3.65. The van der Waals surface area contributed by atoms with Gasteiger partial charge in [-0.05, 0) is 24.7 Å². The summed E-state index contributed by atoms with van der Waals surface area (Å²) in [6.45, 7) is 22.5. The standard InChI is InChI=1S/C23H29.C15H14.C5H5.2ClH.Zr/c1-14-9-16-11-17-10-15(2)21(23(6,7)8)13-19(17)18(16)12-20(14)22(3,4)5;1-12-3-7-14(8-4-12)11-15-9-5-13(2)6-10-15;1-2-4-5-3-1;;;/h9-13H,1-8H3;3-10H,1-2H3;1-5H;2*1H;/q-1;;-1;;;+2/p-2. The summed E-state index contributed by atoms with van der Waals surface area (Å²) in [5.74, 6) is 0. The second kappa shape index (κ2) is 15.1. The van der Waals surface area contributed by atoms with Crippen molar-refractivity contribution >= 4 is 41.8 Å². The molecule has 0 unspecified atom stereocenters. The molecule has 0 atom stereocenters. The van der Waals surface area contributed by atoms with Crippen LogP contribution in [0.1, 0.15) is 86.1 Å². The maximum Gasteiger partial charge on any atom is -0.172 e. The zero-order valence-electron chi connectivity index (χ0n) is 29.1. The van der Waals surface area contributed by atoms with Crippen LogP contribution in [0.2, 0.25) is 0 Å². The Morgan fingerprint density at radius 1 is 0.565 bits per heavy atom. The maximum absolute atomic E-state index is 6.32. The molecule has 0 radical (unpaired) electrons. The van der Waals surface area contributed by atoms with Crippen molar-refractivity contribution in [2.45, 2.75) is 80.1 Å². The molecule has 0 saturated heterocycles. The number of benzene rings is 4. The zero-order chi connectivity index (χ0) is 33.8. The van der Waals surface area contributed by atoms with Crippen LogP contribution in [0, 0.1) is 27.7 Å². The van der Waals surface area contributed by atoms with Gasteiger partial charge in [-0.25, -0.2) is 12.1 Å². The van der Waals surface area contributed by atoms with Crippen molar-refractivity contribution in [2.75, 3.05) is 0 Å². The third-order valence-corrected chi connectivity index (χ3v) is 13.0. The van der Waals surface area contributed by atoms with Gasteiger partial charge in [-0.2, -0.15) is 18.2 Å². The van der Waals surface area contributed by atoms with E-state index < -0.39 is 18.9 Å². The van der Waals surface area contributed by atoms with Crippen molar-refractivity contribution in [3.8, 4) is 0 Å². The topological polar surface area (TPSA) is 0 Å². The molecule has 0 fully saturated rings. The van der Waals surface area contributed by atoms with Crippen molar-refractivity contribution in [3.05, 3.63) is 154 Å². The van der Waals surface area contributed by atoms with Gasteiger partial charge >= 0.3 is 124 Å². The molecule has 0 spiro atoms. The second-order valence-electron chi connectivity index (χ2n) is 14.5. The van der Waals surface area contributed by atoms with Crippen LogP contribution in [0.5, 0.6) is 0 Å². The first-order valence-electron chi connectivity index (χ1n) is 16.1. The van der Waals surface area contributed by atoms with E-state index in [1.54, 1.807) is 0 Å². The fourth-order valence-electron chi connectivity index (χ4n) is 6.10. The fraction of sp³-hybridized carbons (Fsp3) is 0.279. The summed E-state index contributed by atoms with van der Waals surface area (Å²) in [4.78, 5) is 0. The quantitative estimate of drug-likeness (QED) is 0.156. The molecule has 6 rings (SSSR count). The van der Waals surface area contributed by atoms with Gasteiger partial charge in [0, 0.05) is 0 Å². The summed E-state index contributed by atoms with van der Waals surface area (Å²) in [5.41, 5.74) is 10.9. The summed E-state index contributed by atoms with van der Waals surface area (Å²) in [5, 5.41) is 5.55. The van der Waals surface area contributed by atoms with E-state index in [-0.39, 0.29) is 10.8 Å². The number of fused-ring (bicyclic) bond motifs is 3. The largest absolute Gasteiger partial charge is 0.214 e. The van der Waals surface area contributed by atoms with E-state index in [9.17, 15) is 0 Å². The molecule has 46 heavy (non-hydrogen) atoms. The Morgan fingerprint density at radius 2 is 0.935 bits per heavy atom. The second-order valence-corrected chi connectivity index (χ2v) is 22.6. The van der Waals surface area contributed by atoms with E-state index in [0.29, 0.717) is 0 Å². The van der Waals surface area contributed by atoms with Crippen molar-refractivity contribution in [1.29, 1.82) is 0 Å². The van der Waals surface area contributed by atoms with Gasteiger partial charge in [-0.1, -0.05) is 75.9 Å². The zero-order valence-corrected chi connectivity index (χ0v) is 33.1. The molecule has 0 N–H and O–H groups in total. The van der Waals surface area contributed by atoms with Crippen LogP contribution in [0.3, 0.4) is 0 Å². The first-order chi connectivity index (χ1) is 21.6. The molecular formula is C43H48Cl2Zr-2. The SMILES string of the molecule is Cc1cc2[cH-]c3cc(C)c(C(C)(C)C)cc3c2cc1C(C)(C)C.Cc1ccc([C](c2ccc(C)cc2)=[Zr]([Cl])[Cl])cc1.c1cc[cH-]c1. The first-order valence-corrected chi connectivity index (χ1v) is 23.6. The van der Waals surface area contributed by atoms with Crippen LogP contribution in [0.15, 0.2) is 109 Å². The van der Waals surface area contributed by atoms with E-state index in [1.165, 1.54) is 54.9 Å². The van der Waals surface area contributed by atoms with Crippen LogP contribution >= 0.6 is 17.0 Å². The van der Waals surface area contributed by atoms with E-state index in [0.717, 1.165) is 14.3 Å². The van der Waals surface area contributed by atoms with Crippen LogP contribution in [-0.4, -0.2) is 3.21 Å². The fourth-order valence-corrected chi connectivity index (χ4v) is 10.6. The third-order valence-electron chi connectivity index (χ3n) is 8.44. The Hall–Kier alpha value is -2.57. The molecule has 6 aromatic rings. The van der Waals surface area contributed by atoms with E-state index in [4.69, 9.17) is 17.0 Å². The molecule has 0 amide bonds. The van der Waals surface area contributed by atoms with Gasteiger partial charge in [0.2, 0.25) is 0 Å². The van der Waals surface area contributed by atoms with Gasteiger partial charge in [0.15, 0.2) is 0 Å². The minimum atomic E-state index is -2.48. The van der Waals surface area contributed by atoms with E-state index >= 15 is 0 Å². The summed E-state index contributed by atoms with van der Waals surface area (Å²) in [6.07, 6.45) is 0. The normalized spacial score (nSPS) is 11.5. The van der Waals surface area contributed by atoms with Crippen molar-refractivity contribution in [2.24, 2.45) is 0 Å². The molecule has 0 aliphatic carbocycles. The Kier molecular flexibility index (Phi) is 11.9. The van der Waals surface area contributed by atoms with Crippen LogP contribution in [0.4, 0.5) is 0 Å². The minimum absolute atomic E-state index is 0.180. The number of rotatable bonds is 2. The summed E-state index contributed by atoms with van der Waals surface area (Å²) >= 11 is -2.48.